The molecule has 0 atom stereocenters. The Balaban J connectivity index is 1.47. The molecular formula is C16H15FN2O2S. The minimum absolute atomic E-state index is 0.243. The summed E-state index contributed by atoms with van der Waals surface area (Å²) in [5.41, 5.74) is 2.02. The molecule has 0 amide bonds. The van der Waals surface area contributed by atoms with Crippen LogP contribution in [0.2, 0.25) is 0 Å². The number of hydrogen-bond acceptors (Lipinski definition) is 3. The molecule has 22 heavy (non-hydrogen) atoms. The lowest BCUT2D eigenvalue weighted by molar-refractivity contribution is 0.174. The van der Waals surface area contributed by atoms with Gasteiger partial charge >= 0.3 is 0 Å². The molecule has 1 heterocycles. The molecule has 0 saturated heterocycles. The van der Waals surface area contributed by atoms with Crippen LogP contribution in [0.25, 0.3) is 0 Å². The van der Waals surface area contributed by atoms with Crippen LogP contribution in [0, 0.1) is 5.82 Å². The van der Waals surface area contributed by atoms with Gasteiger partial charge in [-0.25, -0.2) is 4.39 Å². The van der Waals surface area contributed by atoms with Gasteiger partial charge in [0.15, 0.2) is 16.6 Å². The average molecular weight is 318 g/mol. The van der Waals surface area contributed by atoms with Crippen LogP contribution in [0.1, 0.15) is 11.1 Å². The van der Waals surface area contributed by atoms with E-state index in [0.717, 1.165) is 22.6 Å². The maximum Gasteiger partial charge on any atom is 0.231 e. The Labute approximate surface area is 133 Å². The van der Waals surface area contributed by atoms with Gasteiger partial charge in [0, 0.05) is 13.1 Å². The maximum absolute atomic E-state index is 12.8. The van der Waals surface area contributed by atoms with Crippen molar-refractivity contribution in [1.82, 2.24) is 10.6 Å². The van der Waals surface area contributed by atoms with Gasteiger partial charge in [0.05, 0.1) is 0 Å². The van der Waals surface area contributed by atoms with E-state index < -0.39 is 0 Å². The fourth-order valence-corrected chi connectivity index (χ4v) is 2.22. The number of thiocarbonyl (C=S) groups is 1. The van der Waals surface area contributed by atoms with Crippen molar-refractivity contribution in [1.29, 1.82) is 0 Å². The number of benzene rings is 2. The number of rotatable bonds is 4. The highest BCUT2D eigenvalue weighted by Gasteiger charge is 2.12. The highest BCUT2D eigenvalue weighted by atomic mass is 32.1. The van der Waals surface area contributed by atoms with Crippen molar-refractivity contribution in [2.45, 2.75) is 13.1 Å². The van der Waals surface area contributed by atoms with Crippen LogP contribution in [-0.4, -0.2) is 11.9 Å². The molecule has 6 heteroatoms. The predicted octanol–water partition coefficient (Wildman–Crippen LogP) is 2.72. The second-order valence-electron chi connectivity index (χ2n) is 4.85. The Morgan fingerprint density at radius 3 is 2.36 bits per heavy atom. The molecule has 0 aliphatic carbocycles. The van der Waals surface area contributed by atoms with E-state index in [4.69, 9.17) is 21.7 Å². The summed E-state index contributed by atoms with van der Waals surface area (Å²) in [6, 6.07) is 12.1. The lowest BCUT2D eigenvalue weighted by atomic mass is 10.2. The average Bonchev–Trinajstić information content (AvgIpc) is 3.00. The highest BCUT2D eigenvalue weighted by molar-refractivity contribution is 7.80. The van der Waals surface area contributed by atoms with Gasteiger partial charge in [-0.05, 0) is 47.6 Å². The van der Waals surface area contributed by atoms with E-state index in [1.807, 2.05) is 18.2 Å². The zero-order chi connectivity index (χ0) is 15.4. The molecule has 0 spiro atoms. The third-order valence-electron chi connectivity index (χ3n) is 3.26. The summed E-state index contributed by atoms with van der Waals surface area (Å²) in [6.07, 6.45) is 0. The molecule has 1 aliphatic heterocycles. The maximum atomic E-state index is 12.8. The Hall–Kier alpha value is -2.34. The van der Waals surface area contributed by atoms with Gasteiger partial charge in [-0.15, -0.1) is 0 Å². The molecule has 0 radical (unpaired) electrons. The van der Waals surface area contributed by atoms with Crippen molar-refractivity contribution < 1.29 is 13.9 Å². The first-order valence-electron chi connectivity index (χ1n) is 6.85. The molecule has 2 N–H and O–H groups in total. The quantitative estimate of drug-likeness (QED) is 0.849. The summed E-state index contributed by atoms with van der Waals surface area (Å²) in [7, 11) is 0. The first-order valence-corrected chi connectivity index (χ1v) is 7.26. The second kappa shape index (κ2) is 6.62. The van der Waals surface area contributed by atoms with Crippen LogP contribution in [0.15, 0.2) is 42.5 Å². The van der Waals surface area contributed by atoms with Gasteiger partial charge in [0.2, 0.25) is 6.79 Å². The lowest BCUT2D eigenvalue weighted by Crippen LogP contribution is -2.34. The Bertz CT molecular complexity index is 676. The Morgan fingerprint density at radius 1 is 0.955 bits per heavy atom. The molecule has 2 aromatic rings. The fraction of sp³-hybridized carbons (Fsp3) is 0.188. The van der Waals surface area contributed by atoms with Gasteiger partial charge < -0.3 is 20.1 Å². The number of fused-ring (bicyclic) bond motifs is 1. The van der Waals surface area contributed by atoms with Crippen LogP contribution >= 0.6 is 12.2 Å². The molecular weight excluding hydrogens is 303 g/mol. The zero-order valence-electron chi connectivity index (χ0n) is 11.8. The van der Waals surface area contributed by atoms with E-state index >= 15 is 0 Å². The Kier molecular flexibility index (Phi) is 4.39. The minimum Gasteiger partial charge on any atom is -0.454 e. The molecule has 0 unspecified atom stereocenters. The van der Waals surface area contributed by atoms with E-state index in [2.05, 4.69) is 10.6 Å². The summed E-state index contributed by atoms with van der Waals surface area (Å²) >= 11 is 5.23. The molecule has 3 rings (SSSR count). The van der Waals surface area contributed by atoms with Crippen molar-refractivity contribution in [2.24, 2.45) is 0 Å². The van der Waals surface area contributed by atoms with Gasteiger partial charge in [-0.3, -0.25) is 0 Å². The van der Waals surface area contributed by atoms with E-state index in [1.54, 1.807) is 12.1 Å². The molecule has 0 fully saturated rings. The van der Waals surface area contributed by atoms with Gasteiger partial charge in [-0.2, -0.15) is 0 Å². The third kappa shape index (κ3) is 3.65. The smallest absolute Gasteiger partial charge is 0.231 e. The molecule has 0 saturated carbocycles. The summed E-state index contributed by atoms with van der Waals surface area (Å²) in [4.78, 5) is 0. The number of nitrogens with one attached hydrogen (secondary N) is 2. The predicted molar refractivity (Wildman–Crippen MR) is 85.2 cm³/mol. The van der Waals surface area contributed by atoms with E-state index in [0.29, 0.717) is 18.2 Å². The SMILES string of the molecule is Fc1ccc(CNC(=S)NCc2ccc3c(c2)OCO3)cc1. The molecule has 114 valence electrons. The summed E-state index contributed by atoms with van der Waals surface area (Å²) in [5, 5.41) is 6.75. The van der Waals surface area contributed by atoms with Crippen LogP contribution < -0.4 is 20.1 Å². The molecule has 0 aromatic heterocycles. The lowest BCUT2D eigenvalue weighted by Gasteiger charge is -2.11. The van der Waals surface area contributed by atoms with Crippen molar-refractivity contribution in [3.63, 3.8) is 0 Å². The van der Waals surface area contributed by atoms with Crippen LogP contribution in [0.4, 0.5) is 4.39 Å². The van der Waals surface area contributed by atoms with E-state index in [9.17, 15) is 4.39 Å². The van der Waals surface area contributed by atoms with E-state index in [-0.39, 0.29) is 12.6 Å². The third-order valence-corrected chi connectivity index (χ3v) is 3.55. The standard InChI is InChI=1S/C16H15FN2O2S/c17-13-4-1-11(2-5-13)8-18-16(22)19-9-12-3-6-14-15(7-12)21-10-20-14/h1-7H,8-10H2,(H2,18,19,22). The number of ether oxygens (including phenoxy) is 2. The van der Waals surface area contributed by atoms with Crippen LogP contribution in [0.5, 0.6) is 11.5 Å². The number of hydrogen-bond donors (Lipinski definition) is 2. The Morgan fingerprint density at radius 2 is 1.59 bits per heavy atom. The summed E-state index contributed by atoms with van der Waals surface area (Å²) < 4.78 is 23.4. The van der Waals surface area contributed by atoms with Crippen LogP contribution in [0.3, 0.4) is 0 Å². The zero-order valence-corrected chi connectivity index (χ0v) is 12.6. The fourth-order valence-electron chi connectivity index (χ4n) is 2.08. The molecule has 1 aliphatic rings. The first kappa shape index (κ1) is 14.6. The van der Waals surface area contributed by atoms with Crippen molar-refractivity contribution >= 4 is 17.3 Å². The van der Waals surface area contributed by atoms with Crippen molar-refractivity contribution in [2.75, 3.05) is 6.79 Å². The van der Waals surface area contributed by atoms with Gasteiger partial charge in [0.1, 0.15) is 5.82 Å². The topological polar surface area (TPSA) is 42.5 Å². The monoisotopic (exact) mass is 318 g/mol. The van der Waals surface area contributed by atoms with Crippen molar-refractivity contribution in [3.05, 3.63) is 59.4 Å². The summed E-state index contributed by atoms with van der Waals surface area (Å²) in [5.74, 6) is 1.28. The van der Waals surface area contributed by atoms with Gasteiger partial charge in [-0.1, -0.05) is 18.2 Å². The minimum atomic E-state index is -0.243. The second-order valence-corrected chi connectivity index (χ2v) is 5.26. The van der Waals surface area contributed by atoms with Gasteiger partial charge in [0.25, 0.3) is 0 Å². The largest absolute Gasteiger partial charge is 0.454 e. The number of halogens is 1. The highest BCUT2D eigenvalue weighted by Crippen LogP contribution is 2.32. The van der Waals surface area contributed by atoms with Crippen LogP contribution in [-0.2, 0) is 13.1 Å². The molecule has 2 aromatic carbocycles. The normalized spacial score (nSPS) is 12.0. The van der Waals surface area contributed by atoms with Crippen molar-refractivity contribution in [3.8, 4) is 11.5 Å². The summed E-state index contributed by atoms with van der Waals surface area (Å²) in [6.45, 7) is 1.41. The van der Waals surface area contributed by atoms with E-state index in [1.165, 1.54) is 12.1 Å². The first-order chi connectivity index (χ1) is 10.7. The molecule has 0 bridgehead atoms. The molecule has 4 nitrogen and oxygen atoms in total.